The number of hydrogen-bond acceptors (Lipinski definition) is 3. The van der Waals surface area contributed by atoms with Crippen LogP contribution in [0.1, 0.15) is 36.5 Å². The highest BCUT2D eigenvalue weighted by Crippen LogP contribution is 2.36. The van der Waals surface area contributed by atoms with Crippen LogP contribution >= 0.6 is 11.6 Å². The average molecular weight is 344 g/mol. The van der Waals surface area contributed by atoms with Crippen LogP contribution in [0.25, 0.3) is 0 Å². The summed E-state index contributed by atoms with van der Waals surface area (Å²) in [5.74, 6) is -0.181. The van der Waals surface area contributed by atoms with Crippen LogP contribution in [0.3, 0.4) is 0 Å². The third-order valence-corrected chi connectivity index (χ3v) is 4.83. The van der Waals surface area contributed by atoms with Crippen LogP contribution in [0.15, 0.2) is 42.5 Å². The number of rotatable bonds is 3. The number of halogens is 1. The van der Waals surface area contributed by atoms with Gasteiger partial charge in [0.05, 0.1) is 22.1 Å². The van der Waals surface area contributed by atoms with Crippen LogP contribution < -0.4 is 16.0 Å². The first-order chi connectivity index (χ1) is 11.6. The molecule has 1 aliphatic rings. The highest BCUT2D eigenvalue weighted by Gasteiger charge is 2.22. The van der Waals surface area contributed by atoms with E-state index in [1.807, 2.05) is 24.3 Å². The van der Waals surface area contributed by atoms with Crippen LogP contribution in [0.5, 0.6) is 0 Å². The monoisotopic (exact) mass is 343 g/mol. The first kappa shape index (κ1) is 16.7. The fourth-order valence-electron chi connectivity index (χ4n) is 3.16. The third-order valence-electron chi connectivity index (χ3n) is 4.51. The van der Waals surface area contributed by atoms with Gasteiger partial charge in [-0.2, -0.15) is 0 Å². The molecule has 1 atom stereocenters. The first-order valence-electron chi connectivity index (χ1n) is 8.28. The van der Waals surface area contributed by atoms with Crippen LogP contribution in [0.4, 0.5) is 17.1 Å². The molecule has 1 aliphatic heterocycles. The molecule has 0 aromatic heterocycles. The van der Waals surface area contributed by atoms with Crippen LogP contribution in [0.2, 0.25) is 5.02 Å². The number of anilines is 3. The van der Waals surface area contributed by atoms with E-state index in [9.17, 15) is 4.79 Å². The fraction of sp³-hybridized carbons (Fsp3) is 0.316. The molecule has 0 aliphatic carbocycles. The second-order valence-corrected chi connectivity index (χ2v) is 6.66. The standard InChI is InChI=1S/C19H22ClN3O/c1-13-7-5-6-10-23(13)18-12-17(15(20)11-16(18)21)22-19(24)14-8-3-2-4-9-14/h2-4,8-9,11-13H,5-7,10,21H2,1H3,(H,22,24)/t13-/m0/s1. The maximum Gasteiger partial charge on any atom is 0.255 e. The zero-order valence-electron chi connectivity index (χ0n) is 13.8. The van der Waals surface area contributed by atoms with Gasteiger partial charge in [0.2, 0.25) is 0 Å². The van der Waals surface area contributed by atoms with Crippen molar-refractivity contribution in [1.82, 2.24) is 0 Å². The number of nitrogens with zero attached hydrogens (tertiary/aromatic N) is 1. The normalized spacial score (nSPS) is 17.6. The minimum absolute atomic E-state index is 0.181. The molecule has 126 valence electrons. The Morgan fingerprint density at radius 3 is 2.71 bits per heavy atom. The summed E-state index contributed by atoms with van der Waals surface area (Å²) >= 11 is 6.30. The molecule has 24 heavy (non-hydrogen) atoms. The van der Waals surface area contributed by atoms with Crippen LogP contribution in [0, 0.1) is 0 Å². The van der Waals surface area contributed by atoms with Gasteiger partial charge in [0.1, 0.15) is 0 Å². The van der Waals surface area contributed by atoms with E-state index < -0.39 is 0 Å². The number of amides is 1. The van der Waals surface area contributed by atoms with Crippen molar-refractivity contribution in [2.45, 2.75) is 32.2 Å². The van der Waals surface area contributed by atoms with Crippen molar-refractivity contribution in [2.75, 3.05) is 22.5 Å². The summed E-state index contributed by atoms with van der Waals surface area (Å²) in [6.45, 7) is 3.18. The van der Waals surface area contributed by atoms with Crippen molar-refractivity contribution >= 4 is 34.6 Å². The third kappa shape index (κ3) is 3.49. The van der Waals surface area contributed by atoms with Crippen LogP contribution in [-0.4, -0.2) is 18.5 Å². The van der Waals surface area contributed by atoms with Crippen molar-refractivity contribution in [1.29, 1.82) is 0 Å². The molecule has 0 radical (unpaired) electrons. The van der Waals surface area contributed by atoms with Gasteiger partial charge in [0.25, 0.3) is 5.91 Å². The molecule has 3 N–H and O–H groups in total. The van der Waals surface area contributed by atoms with E-state index in [4.69, 9.17) is 17.3 Å². The van der Waals surface area contributed by atoms with E-state index in [1.165, 1.54) is 6.42 Å². The largest absolute Gasteiger partial charge is 0.397 e. The second kappa shape index (κ2) is 7.14. The Bertz CT molecular complexity index is 733. The van der Waals surface area contributed by atoms with Gasteiger partial charge in [-0.1, -0.05) is 29.8 Å². The van der Waals surface area contributed by atoms with Gasteiger partial charge in [-0.3, -0.25) is 4.79 Å². The Labute approximate surface area is 147 Å². The molecule has 1 heterocycles. The van der Waals surface area contributed by atoms with E-state index in [1.54, 1.807) is 18.2 Å². The lowest BCUT2D eigenvalue weighted by molar-refractivity contribution is 0.102. The van der Waals surface area contributed by atoms with Gasteiger partial charge >= 0.3 is 0 Å². The molecule has 3 rings (SSSR count). The fourth-order valence-corrected chi connectivity index (χ4v) is 3.38. The number of carbonyl (C=O) groups is 1. The minimum Gasteiger partial charge on any atom is -0.397 e. The summed E-state index contributed by atoms with van der Waals surface area (Å²) in [5.41, 5.74) is 8.96. The van der Waals surface area contributed by atoms with E-state index in [-0.39, 0.29) is 5.91 Å². The summed E-state index contributed by atoms with van der Waals surface area (Å²) < 4.78 is 0. The topological polar surface area (TPSA) is 58.4 Å². The van der Waals surface area contributed by atoms with E-state index in [0.717, 1.165) is 25.1 Å². The Hall–Kier alpha value is -2.20. The average Bonchev–Trinajstić information content (AvgIpc) is 2.59. The lowest BCUT2D eigenvalue weighted by atomic mass is 10.0. The molecule has 1 amide bonds. The lowest BCUT2D eigenvalue weighted by Crippen LogP contribution is -2.37. The lowest BCUT2D eigenvalue weighted by Gasteiger charge is -2.36. The molecule has 0 unspecified atom stereocenters. The Morgan fingerprint density at radius 2 is 2.00 bits per heavy atom. The number of nitrogens with two attached hydrogens (primary N) is 1. The number of carbonyl (C=O) groups excluding carboxylic acids is 1. The Morgan fingerprint density at radius 1 is 1.25 bits per heavy atom. The number of benzene rings is 2. The van der Waals surface area contributed by atoms with Gasteiger partial charge in [0.15, 0.2) is 0 Å². The summed E-state index contributed by atoms with van der Waals surface area (Å²) in [5, 5.41) is 3.34. The smallest absolute Gasteiger partial charge is 0.255 e. The van der Waals surface area contributed by atoms with Crippen molar-refractivity contribution in [2.24, 2.45) is 0 Å². The summed E-state index contributed by atoms with van der Waals surface area (Å²) in [6.07, 6.45) is 3.54. The number of hydrogen-bond donors (Lipinski definition) is 2. The van der Waals surface area contributed by atoms with Crippen LogP contribution in [-0.2, 0) is 0 Å². The Kier molecular flexibility index (Phi) is 4.95. The molecule has 4 nitrogen and oxygen atoms in total. The summed E-state index contributed by atoms with van der Waals surface area (Å²) in [4.78, 5) is 14.7. The zero-order valence-corrected chi connectivity index (χ0v) is 14.5. The maximum atomic E-state index is 12.4. The minimum atomic E-state index is -0.181. The zero-order chi connectivity index (χ0) is 17.1. The van der Waals surface area contributed by atoms with Crippen molar-refractivity contribution in [3.05, 3.63) is 53.1 Å². The molecule has 1 saturated heterocycles. The Balaban J connectivity index is 1.88. The van der Waals surface area contributed by atoms with Gasteiger partial charge in [0, 0.05) is 18.2 Å². The molecule has 2 aromatic carbocycles. The number of nitrogens with one attached hydrogen (secondary N) is 1. The predicted molar refractivity (Wildman–Crippen MR) is 101 cm³/mol. The van der Waals surface area contributed by atoms with E-state index in [2.05, 4.69) is 17.1 Å². The molecule has 5 heteroatoms. The van der Waals surface area contributed by atoms with E-state index >= 15 is 0 Å². The van der Waals surface area contributed by atoms with Gasteiger partial charge < -0.3 is 16.0 Å². The SMILES string of the molecule is C[C@H]1CCCCN1c1cc(NC(=O)c2ccccc2)c(Cl)cc1N. The highest BCUT2D eigenvalue weighted by molar-refractivity contribution is 6.34. The molecule has 2 aromatic rings. The molecular weight excluding hydrogens is 322 g/mol. The van der Waals surface area contributed by atoms with Crippen molar-refractivity contribution in [3.63, 3.8) is 0 Å². The summed E-state index contributed by atoms with van der Waals surface area (Å²) in [7, 11) is 0. The molecule has 0 saturated carbocycles. The number of nitrogen functional groups attached to an aromatic ring is 1. The van der Waals surface area contributed by atoms with E-state index in [0.29, 0.717) is 28.0 Å². The van der Waals surface area contributed by atoms with Gasteiger partial charge in [-0.05, 0) is 50.5 Å². The molecule has 0 spiro atoms. The highest BCUT2D eigenvalue weighted by atomic mass is 35.5. The second-order valence-electron chi connectivity index (χ2n) is 6.25. The van der Waals surface area contributed by atoms with Crippen molar-refractivity contribution in [3.8, 4) is 0 Å². The predicted octanol–water partition coefficient (Wildman–Crippen LogP) is 4.55. The first-order valence-corrected chi connectivity index (χ1v) is 8.66. The van der Waals surface area contributed by atoms with Gasteiger partial charge in [-0.15, -0.1) is 0 Å². The quantitative estimate of drug-likeness (QED) is 0.803. The molecule has 0 bridgehead atoms. The van der Waals surface area contributed by atoms with Gasteiger partial charge in [-0.25, -0.2) is 0 Å². The summed E-state index contributed by atoms with van der Waals surface area (Å²) in [6, 6.07) is 13.1. The maximum absolute atomic E-state index is 12.4. The number of piperidine rings is 1. The molecule has 1 fully saturated rings. The van der Waals surface area contributed by atoms with Crippen molar-refractivity contribution < 1.29 is 4.79 Å². The molecular formula is C19H22ClN3O.